The number of aromatic nitrogens is 2. The van der Waals surface area contributed by atoms with E-state index < -0.39 is 0 Å². The second-order valence-corrected chi connectivity index (χ2v) is 5.76. The number of imidazole rings is 1. The SMILES string of the molecule is Cc1ccccc1.Cc1nccn1-c1ccc2c(c1)CCC2=O. The number of carbonyl (C=O) groups is 1. The average Bonchev–Trinajstić information content (AvgIpc) is 3.15. The van der Waals surface area contributed by atoms with E-state index in [0.29, 0.717) is 6.42 Å². The molecule has 1 aliphatic rings. The van der Waals surface area contributed by atoms with E-state index in [1.54, 1.807) is 6.20 Å². The van der Waals surface area contributed by atoms with Crippen molar-refractivity contribution in [1.82, 2.24) is 9.55 Å². The maximum Gasteiger partial charge on any atom is 0.163 e. The summed E-state index contributed by atoms with van der Waals surface area (Å²) < 4.78 is 2.03. The van der Waals surface area contributed by atoms with Gasteiger partial charge in [0, 0.05) is 30.1 Å². The number of Topliss-reactive ketones (excluding diaryl/α,β-unsaturated/α-hetero) is 1. The normalized spacial score (nSPS) is 12.5. The van der Waals surface area contributed by atoms with Crippen LogP contribution in [-0.4, -0.2) is 15.3 Å². The van der Waals surface area contributed by atoms with Crippen LogP contribution in [0.2, 0.25) is 0 Å². The largest absolute Gasteiger partial charge is 0.304 e. The van der Waals surface area contributed by atoms with Gasteiger partial charge in [-0.1, -0.05) is 35.9 Å². The molecule has 4 rings (SSSR count). The summed E-state index contributed by atoms with van der Waals surface area (Å²) in [7, 11) is 0. The molecule has 0 fully saturated rings. The summed E-state index contributed by atoms with van der Waals surface area (Å²) in [6.07, 6.45) is 5.25. The van der Waals surface area contributed by atoms with Crippen LogP contribution in [-0.2, 0) is 6.42 Å². The topological polar surface area (TPSA) is 34.9 Å². The summed E-state index contributed by atoms with van der Waals surface area (Å²) in [6, 6.07) is 16.3. The molecule has 23 heavy (non-hydrogen) atoms. The van der Waals surface area contributed by atoms with E-state index in [2.05, 4.69) is 30.1 Å². The van der Waals surface area contributed by atoms with E-state index in [-0.39, 0.29) is 5.78 Å². The molecular weight excluding hydrogens is 284 g/mol. The minimum Gasteiger partial charge on any atom is -0.304 e. The molecule has 1 aliphatic carbocycles. The Kier molecular flexibility index (Phi) is 4.38. The first kappa shape index (κ1) is 15.2. The van der Waals surface area contributed by atoms with Crippen LogP contribution in [0.5, 0.6) is 0 Å². The lowest BCUT2D eigenvalue weighted by Gasteiger charge is -2.06. The van der Waals surface area contributed by atoms with E-state index in [0.717, 1.165) is 29.1 Å². The lowest BCUT2D eigenvalue weighted by molar-refractivity contribution is 0.0994. The minimum absolute atomic E-state index is 0.268. The number of benzene rings is 2. The van der Waals surface area contributed by atoms with Gasteiger partial charge in [-0.25, -0.2) is 4.98 Å². The number of carbonyl (C=O) groups excluding carboxylic acids is 1. The molecule has 0 saturated heterocycles. The number of fused-ring (bicyclic) bond motifs is 1. The molecule has 0 saturated carbocycles. The number of ketones is 1. The Balaban J connectivity index is 0.000000188. The van der Waals surface area contributed by atoms with E-state index in [1.807, 2.05) is 48.0 Å². The van der Waals surface area contributed by atoms with E-state index >= 15 is 0 Å². The molecule has 0 unspecified atom stereocenters. The fourth-order valence-electron chi connectivity index (χ4n) is 2.78. The number of nitrogens with zero attached hydrogens (tertiary/aromatic N) is 2. The quantitative estimate of drug-likeness (QED) is 0.671. The average molecular weight is 304 g/mol. The Morgan fingerprint density at radius 3 is 2.39 bits per heavy atom. The van der Waals surface area contributed by atoms with Crippen LogP contribution in [0.15, 0.2) is 60.9 Å². The molecule has 3 nitrogen and oxygen atoms in total. The molecule has 2 aromatic carbocycles. The van der Waals surface area contributed by atoms with Crippen molar-refractivity contribution in [1.29, 1.82) is 0 Å². The fourth-order valence-corrected chi connectivity index (χ4v) is 2.78. The molecule has 0 atom stereocenters. The zero-order chi connectivity index (χ0) is 16.2. The summed E-state index contributed by atoms with van der Waals surface area (Å²) in [4.78, 5) is 15.7. The van der Waals surface area contributed by atoms with Gasteiger partial charge in [-0.3, -0.25) is 4.79 Å². The Morgan fingerprint density at radius 1 is 1.00 bits per heavy atom. The van der Waals surface area contributed by atoms with Crippen molar-refractivity contribution in [3.63, 3.8) is 0 Å². The van der Waals surface area contributed by atoms with Crippen molar-refractivity contribution in [3.8, 4) is 5.69 Å². The van der Waals surface area contributed by atoms with Crippen molar-refractivity contribution in [2.24, 2.45) is 0 Å². The third-order valence-corrected chi connectivity index (χ3v) is 4.06. The van der Waals surface area contributed by atoms with Crippen LogP contribution in [0.25, 0.3) is 5.69 Å². The first-order chi connectivity index (χ1) is 11.1. The standard InChI is InChI=1S/C13H12N2O.C7H8/c1-9-14-6-7-15(9)11-3-4-12-10(8-11)2-5-13(12)16;1-7-5-3-2-4-6-7/h3-4,6-8H,2,5H2,1H3;2-6H,1H3. The zero-order valence-electron chi connectivity index (χ0n) is 13.5. The van der Waals surface area contributed by atoms with Gasteiger partial charge >= 0.3 is 0 Å². The van der Waals surface area contributed by atoms with Crippen LogP contribution < -0.4 is 0 Å². The van der Waals surface area contributed by atoms with Crippen molar-refractivity contribution in [2.45, 2.75) is 26.7 Å². The molecule has 3 heteroatoms. The van der Waals surface area contributed by atoms with Gasteiger partial charge in [-0.15, -0.1) is 0 Å². The molecule has 3 aromatic rings. The summed E-state index contributed by atoms with van der Waals surface area (Å²) in [6.45, 7) is 4.05. The summed E-state index contributed by atoms with van der Waals surface area (Å²) in [5, 5.41) is 0. The van der Waals surface area contributed by atoms with Gasteiger partial charge in [0.2, 0.25) is 0 Å². The smallest absolute Gasteiger partial charge is 0.163 e. The maximum absolute atomic E-state index is 11.5. The number of hydrogen-bond acceptors (Lipinski definition) is 2. The summed E-state index contributed by atoms with van der Waals surface area (Å²) >= 11 is 0. The van der Waals surface area contributed by atoms with E-state index in [1.165, 1.54) is 5.56 Å². The maximum atomic E-state index is 11.5. The molecule has 0 N–H and O–H groups in total. The van der Waals surface area contributed by atoms with Gasteiger partial charge in [-0.2, -0.15) is 0 Å². The lowest BCUT2D eigenvalue weighted by Crippen LogP contribution is -1.97. The Morgan fingerprint density at radius 2 is 1.78 bits per heavy atom. The fraction of sp³-hybridized carbons (Fsp3) is 0.200. The third-order valence-electron chi connectivity index (χ3n) is 4.06. The van der Waals surface area contributed by atoms with Gasteiger partial charge < -0.3 is 4.57 Å². The van der Waals surface area contributed by atoms with Crippen LogP contribution in [0.4, 0.5) is 0 Å². The molecule has 116 valence electrons. The predicted octanol–water partition coefficient (Wildman–Crippen LogP) is 4.30. The molecular formula is C20H20N2O. The van der Waals surface area contributed by atoms with Crippen LogP contribution in [0.1, 0.15) is 33.7 Å². The zero-order valence-corrected chi connectivity index (χ0v) is 13.5. The highest BCUT2D eigenvalue weighted by atomic mass is 16.1. The second kappa shape index (κ2) is 6.61. The highest BCUT2D eigenvalue weighted by Gasteiger charge is 2.19. The van der Waals surface area contributed by atoms with Crippen molar-refractivity contribution >= 4 is 5.78 Å². The molecule has 0 bridgehead atoms. The molecule has 1 heterocycles. The summed E-state index contributed by atoms with van der Waals surface area (Å²) in [5.41, 5.74) is 4.46. The minimum atomic E-state index is 0.268. The Bertz CT molecular complexity index is 819. The van der Waals surface area contributed by atoms with Gasteiger partial charge in [0.15, 0.2) is 5.78 Å². The molecule has 1 aromatic heterocycles. The monoisotopic (exact) mass is 304 g/mol. The molecule has 0 radical (unpaired) electrons. The van der Waals surface area contributed by atoms with Crippen LogP contribution >= 0.6 is 0 Å². The molecule has 0 aliphatic heterocycles. The van der Waals surface area contributed by atoms with Crippen molar-refractivity contribution in [2.75, 3.05) is 0 Å². The first-order valence-corrected chi connectivity index (χ1v) is 7.83. The van der Waals surface area contributed by atoms with Gasteiger partial charge in [-0.05, 0) is 44.0 Å². The second-order valence-electron chi connectivity index (χ2n) is 5.76. The number of aryl methyl sites for hydroxylation is 3. The Hall–Kier alpha value is -2.68. The Labute approximate surface area is 136 Å². The van der Waals surface area contributed by atoms with Gasteiger partial charge in [0.1, 0.15) is 5.82 Å². The first-order valence-electron chi connectivity index (χ1n) is 7.83. The number of hydrogen-bond donors (Lipinski definition) is 0. The van der Waals surface area contributed by atoms with E-state index in [4.69, 9.17) is 0 Å². The highest BCUT2D eigenvalue weighted by molar-refractivity contribution is 6.00. The van der Waals surface area contributed by atoms with Crippen LogP contribution in [0, 0.1) is 13.8 Å². The van der Waals surface area contributed by atoms with Crippen molar-refractivity contribution < 1.29 is 4.79 Å². The predicted molar refractivity (Wildman–Crippen MR) is 92.1 cm³/mol. The summed E-state index contributed by atoms with van der Waals surface area (Å²) in [5.74, 6) is 1.23. The third kappa shape index (κ3) is 3.39. The lowest BCUT2D eigenvalue weighted by atomic mass is 10.1. The molecule has 0 spiro atoms. The molecule has 0 amide bonds. The highest BCUT2D eigenvalue weighted by Crippen LogP contribution is 2.24. The van der Waals surface area contributed by atoms with Crippen molar-refractivity contribution in [3.05, 3.63) is 83.4 Å². The van der Waals surface area contributed by atoms with Crippen LogP contribution in [0.3, 0.4) is 0 Å². The van der Waals surface area contributed by atoms with E-state index in [9.17, 15) is 4.79 Å². The number of rotatable bonds is 1. The van der Waals surface area contributed by atoms with Gasteiger partial charge in [0.05, 0.1) is 0 Å². The van der Waals surface area contributed by atoms with Gasteiger partial charge in [0.25, 0.3) is 0 Å².